The fraction of sp³-hybridized carbons (Fsp3) is 0. The van der Waals surface area contributed by atoms with Crippen LogP contribution in [0.2, 0.25) is 0 Å². The minimum Gasteiger partial charge on any atom is -0.309 e. The van der Waals surface area contributed by atoms with Crippen LogP contribution >= 0.6 is 0 Å². The highest BCUT2D eigenvalue weighted by Gasteiger charge is 2.26. The second kappa shape index (κ2) is 15.6. The van der Waals surface area contributed by atoms with Gasteiger partial charge in [-0.3, -0.25) is 0 Å². The van der Waals surface area contributed by atoms with E-state index in [9.17, 15) is 5.26 Å². The maximum Gasteiger partial charge on any atom is 0.104 e. The van der Waals surface area contributed by atoms with Gasteiger partial charge in [0.25, 0.3) is 0 Å². The van der Waals surface area contributed by atoms with Gasteiger partial charge in [0, 0.05) is 54.5 Å². The minimum absolute atomic E-state index is 0.584. The molecule has 0 radical (unpaired) electrons. The molecule has 15 rings (SSSR count). The number of benzene rings is 11. The molecule has 72 heavy (non-hydrogen) atoms. The molecule has 0 amide bonds. The van der Waals surface area contributed by atoms with Crippen molar-refractivity contribution in [2.45, 2.75) is 0 Å². The van der Waals surface area contributed by atoms with Gasteiger partial charge in [0.2, 0.25) is 0 Å². The van der Waals surface area contributed by atoms with Gasteiger partial charge >= 0.3 is 0 Å². The van der Waals surface area contributed by atoms with Gasteiger partial charge in [0.15, 0.2) is 0 Å². The topological polar surface area (TPSA) is 43.5 Å². The summed E-state index contributed by atoms with van der Waals surface area (Å²) < 4.78 is 9.49. The van der Waals surface area contributed by atoms with E-state index in [1.165, 1.54) is 21.7 Å². The highest BCUT2D eigenvalue weighted by atomic mass is 15.0. The van der Waals surface area contributed by atoms with Gasteiger partial charge in [0.05, 0.1) is 55.5 Å². The lowest BCUT2D eigenvalue weighted by atomic mass is 9.97. The molecule has 0 saturated heterocycles. The zero-order valence-corrected chi connectivity index (χ0v) is 38.9. The van der Waals surface area contributed by atoms with Gasteiger partial charge < -0.3 is 18.3 Å². The molecular formula is C67H41N5. The zero-order valence-electron chi connectivity index (χ0n) is 38.9. The van der Waals surface area contributed by atoms with Crippen LogP contribution in [0.5, 0.6) is 0 Å². The van der Waals surface area contributed by atoms with E-state index in [2.05, 4.69) is 273 Å². The monoisotopic (exact) mass is 915 g/mol. The number of para-hydroxylation sites is 6. The Labute approximate surface area is 414 Å². The third-order valence-corrected chi connectivity index (χ3v) is 15.0. The molecule has 0 unspecified atom stereocenters. The number of nitriles is 1. The van der Waals surface area contributed by atoms with Crippen LogP contribution in [0, 0.1) is 11.3 Å². The first kappa shape index (κ1) is 40.0. The van der Waals surface area contributed by atoms with Crippen LogP contribution < -0.4 is 0 Å². The first-order valence-corrected chi connectivity index (χ1v) is 24.5. The molecule has 0 saturated carbocycles. The third kappa shape index (κ3) is 5.75. The lowest BCUT2D eigenvalue weighted by Crippen LogP contribution is -2.05. The normalized spacial score (nSPS) is 11.9. The number of hydrogen-bond donors (Lipinski definition) is 0. The summed E-state index contributed by atoms with van der Waals surface area (Å²) in [6.07, 6.45) is 0. The van der Waals surface area contributed by atoms with Crippen LogP contribution in [-0.4, -0.2) is 18.3 Å². The Balaban J connectivity index is 1.07. The van der Waals surface area contributed by atoms with E-state index < -0.39 is 0 Å². The molecule has 4 heterocycles. The van der Waals surface area contributed by atoms with E-state index in [-0.39, 0.29) is 0 Å². The second-order valence-corrected chi connectivity index (χ2v) is 18.8. The summed E-state index contributed by atoms with van der Waals surface area (Å²) in [4.78, 5) is 0. The standard InChI is InChI=1S/C67H41N5/c68-42-56-62(71-60-31-17-13-27-53(60)66-61(71)37-36-52-49-24-10-15-29-58(49)70(67(52)66)48-22-8-3-9-23-48)38-46(45-34-32-44(33-35-45)43-18-4-1-5-19-43)39-63(56)72-59-30-16-12-26-51(59)55-40-64-54(41-65(55)72)50-25-11-14-28-57(50)69(64)47-20-6-2-7-21-47/h1-41H. The van der Waals surface area contributed by atoms with E-state index in [1.807, 2.05) is 0 Å². The summed E-state index contributed by atoms with van der Waals surface area (Å²) in [5.74, 6) is 0. The van der Waals surface area contributed by atoms with E-state index >= 15 is 0 Å². The smallest absolute Gasteiger partial charge is 0.104 e. The second-order valence-electron chi connectivity index (χ2n) is 18.8. The molecule has 11 aromatic carbocycles. The van der Waals surface area contributed by atoms with Crippen LogP contribution in [0.3, 0.4) is 0 Å². The molecule has 0 bridgehead atoms. The molecule has 15 aromatic rings. The number of rotatable bonds is 6. The van der Waals surface area contributed by atoms with E-state index in [0.29, 0.717) is 5.56 Å². The number of nitrogens with zero attached hydrogens (tertiary/aromatic N) is 5. The number of fused-ring (bicyclic) bond motifs is 13. The lowest BCUT2D eigenvalue weighted by Gasteiger charge is -2.19. The van der Waals surface area contributed by atoms with E-state index in [0.717, 1.165) is 111 Å². The Bertz CT molecular complexity index is 4720. The predicted molar refractivity (Wildman–Crippen MR) is 299 cm³/mol. The fourth-order valence-electron chi connectivity index (χ4n) is 11.9. The first-order valence-electron chi connectivity index (χ1n) is 24.5. The van der Waals surface area contributed by atoms with Crippen molar-refractivity contribution in [2.75, 3.05) is 0 Å². The SMILES string of the molecule is N#Cc1c(-n2c3ccccc3c3cc4c(cc32)c2ccccc2n4-c2ccccc2)cc(-c2ccc(-c3ccccc3)cc2)cc1-n1c2ccccc2c2c1ccc1c3ccccc3n(-c3ccccc3)c12. The van der Waals surface area contributed by atoms with Crippen LogP contribution in [0.25, 0.3) is 132 Å². The highest BCUT2D eigenvalue weighted by Crippen LogP contribution is 2.46. The van der Waals surface area contributed by atoms with Crippen LogP contribution in [0.4, 0.5) is 0 Å². The maximum atomic E-state index is 11.9. The average molecular weight is 916 g/mol. The average Bonchev–Trinajstić information content (AvgIpc) is 4.17. The van der Waals surface area contributed by atoms with Crippen molar-refractivity contribution < 1.29 is 0 Å². The van der Waals surface area contributed by atoms with Gasteiger partial charge in [-0.2, -0.15) is 5.26 Å². The first-order chi connectivity index (χ1) is 35.7. The Kier molecular flexibility index (Phi) is 8.66. The summed E-state index contributed by atoms with van der Waals surface area (Å²) in [6.45, 7) is 0. The van der Waals surface area contributed by atoms with Gasteiger partial charge in [-0.25, -0.2) is 0 Å². The van der Waals surface area contributed by atoms with Crippen molar-refractivity contribution in [2.24, 2.45) is 0 Å². The van der Waals surface area contributed by atoms with E-state index in [1.54, 1.807) is 0 Å². The van der Waals surface area contributed by atoms with Crippen molar-refractivity contribution >= 4 is 87.2 Å². The van der Waals surface area contributed by atoms with Crippen molar-refractivity contribution in [3.63, 3.8) is 0 Å². The molecule has 4 aromatic heterocycles. The number of aromatic nitrogens is 4. The van der Waals surface area contributed by atoms with Crippen molar-refractivity contribution in [3.8, 4) is 51.1 Å². The van der Waals surface area contributed by atoms with Crippen molar-refractivity contribution in [1.29, 1.82) is 5.26 Å². The van der Waals surface area contributed by atoms with Crippen LogP contribution in [-0.2, 0) is 0 Å². The molecule has 0 N–H and O–H groups in total. The molecule has 0 aliphatic rings. The third-order valence-electron chi connectivity index (χ3n) is 15.0. The Morgan fingerprint density at radius 3 is 1.24 bits per heavy atom. The molecule has 0 spiro atoms. The van der Waals surface area contributed by atoms with Gasteiger partial charge in [-0.05, 0) is 101 Å². The van der Waals surface area contributed by atoms with Gasteiger partial charge in [0.1, 0.15) is 11.6 Å². The maximum absolute atomic E-state index is 11.9. The molecule has 0 fully saturated rings. The molecule has 5 heteroatoms. The Morgan fingerprint density at radius 1 is 0.264 bits per heavy atom. The summed E-state index contributed by atoms with van der Waals surface area (Å²) in [7, 11) is 0. The molecule has 0 aliphatic carbocycles. The van der Waals surface area contributed by atoms with Crippen LogP contribution in [0.15, 0.2) is 249 Å². The number of hydrogen-bond acceptors (Lipinski definition) is 1. The van der Waals surface area contributed by atoms with Crippen LogP contribution in [0.1, 0.15) is 5.56 Å². The molecule has 0 aliphatic heterocycles. The fourth-order valence-corrected chi connectivity index (χ4v) is 11.9. The summed E-state index contributed by atoms with van der Waals surface area (Å²) in [5.41, 5.74) is 17.5. The van der Waals surface area contributed by atoms with Crippen molar-refractivity contribution in [1.82, 2.24) is 18.3 Å². The lowest BCUT2D eigenvalue weighted by molar-refractivity contribution is 1.12. The highest BCUT2D eigenvalue weighted by molar-refractivity contribution is 6.26. The Hall–Kier alpha value is -9.89. The molecule has 5 nitrogen and oxygen atoms in total. The summed E-state index contributed by atoms with van der Waals surface area (Å²) in [6, 6.07) is 92.0. The molecular weight excluding hydrogens is 875 g/mol. The molecule has 334 valence electrons. The molecule has 0 atom stereocenters. The summed E-state index contributed by atoms with van der Waals surface area (Å²) >= 11 is 0. The minimum atomic E-state index is 0.584. The van der Waals surface area contributed by atoms with Gasteiger partial charge in [-0.1, -0.05) is 170 Å². The van der Waals surface area contributed by atoms with E-state index in [4.69, 9.17) is 0 Å². The summed E-state index contributed by atoms with van der Waals surface area (Å²) in [5, 5.41) is 21.1. The zero-order chi connectivity index (χ0) is 47.4. The quantitative estimate of drug-likeness (QED) is 0.164. The van der Waals surface area contributed by atoms with Crippen molar-refractivity contribution in [3.05, 3.63) is 254 Å². The Morgan fingerprint density at radius 2 is 0.667 bits per heavy atom. The largest absolute Gasteiger partial charge is 0.309 e. The van der Waals surface area contributed by atoms with Gasteiger partial charge in [-0.15, -0.1) is 0 Å². The predicted octanol–water partition coefficient (Wildman–Crippen LogP) is 17.3.